The van der Waals surface area contributed by atoms with Gasteiger partial charge in [-0.1, -0.05) is 18.2 Å². The predicted molar refractivity (Wildman–Crippen MR) is 81.3 cm³/mol. The van der Waals surface area contributed by atoms with E-state index in [1.807, 2.05) is 42.9 Å². The number of piperazine rings is 1. The van der Waals surface area contributed by atoms with E-state index in [4.69, 9.17) is 0 Å². The maximum atomic E-state index is 12.5. The van der Waals surface area contributed by atoms with Gasteiger partial charge < -0.3 is 14.4 Å². The number of Topliss-reactive ketones (excluding diaryl/α,β-unsaturated/α-hetero) is 1. The molecule has 1 amide bonds. The third kappa shape index (κ3) is 2.45. The van der Waals surface area contributed by atoms with Gasteiger partial charge >= 0.3 is 0 Å². The van der Waals surface area contributed by atoms with E-state index in [-0.39, 0.29) is 5.91 Å². The Balaban J connectivity index is 1.88. The number of carbonyl (C=O) groups is 2. The van der Waals surface area contributed by atoms with E-state index in [0.29, 0.717) is 18.7 Å². The summed E-state index contributed by atoms with van der Waals surface area (Å²) in [7, 11) is 3.91. The molecule has 0 radical (unpaired) electrons. The van der Waals surface area contributed by atoms with Gasteiger partial charge in [0.2, 0.25) is 0 Å². The van der Waals surface area contributed by atoms with Crippen LogP contribution in [0, 0.1) is 0 Å². The zero-order valence-corrected chi connectivity index (χ0v) is 12.4. The summed E-state index contributed by atoms with van der Waals surface area (Å²) in [6, 6.07) is 7.66. The van der Waals surface area contributed by atoms with E-state index in [1.165, 1.54) is 0 Å². The number of para-hydroxylation sites is 1. The van der Waals surface area contributed by atoms with Crippen molar-refractivity contribution in [2.75, 3.05) is 33.2 Å². The molecule has 1 aliphatic heterocycles. The summed E-state index contributed by atoms with van der Waals surface area (Å²) in [6.45, 7) is 2.86. The van der Waals surface area contributed by atoms with Crippen molar-refractivity contribution in [3.05, 3.63) is 36.0 Å². The van der Waals surface area contributed by atoms with Gasteiger partial charge in [-0.15, -0.1) is 0 Å². The maximum Gasteiger partial charge on any atom is 0.295 e. The molecule has 0 atom stereocenters. The molecular weight excluding hydrogens is 266 g/mol. The number of aromatic nitrogens is 1. The second-order valence-electron chi connectivity index (χ2n) is 5.60. The van der Waals surface area contributed by atoms with E-state index in [9.17, 15) is 9.59 Å². The molecule has 2 aromatic rings. The lowest BCUT2D eigenvalue weighted by Gasteiger charge is -2.31. The lowest BCUT2D eigenvalue weighted by Crippen LogP contribution is -2.49. The number of amides is 1. The summed E-state index contributed by atoms with van der Waals surface area (Å²) < 4.78 is 1.89. The van der Waals surface area contributed by atoms with Crippen LogP contribution in [0.3, 0.4) is 0 Å². The highest BCUT2D eigenvalue weighted by molar-refractivity contribution is 6.44. The number of hydrogen-bond acceptors (Lipinski definition) is 3. The Labute approximate surface area is 123 Å². The van der Waals surface area contributed by atoms with Gasteiger partial charge in [-0.3, -0.25) is 9.59 Å². The molecule has 1 aliphatic rings. The van der Waals surface area contributed by atoms with E-state index in [2.05, 4.69) is 4.90 Å². The fourth-order valence-corrected chi connectivity index (χ4v) is 2.79. The number of fused-ring (bicyclic) bond motifs is 1. The molecule has 5 heteroatoms. The summed E-state index contributed by atoms with van der Waals surface area (Å²) in [5.74, 6) is -0.796. The zero-order chi connectivity index (χ0) is 15.0. The van der Waals surface area contributed by atoms with Crippen molar-refractivity contribution >= 4 is 22.6 Å². The number of nitrogens with zero attached hydrogens (tertiary/aromatic N) is 3. The summed E-state index contributed by atoms with van der Waals surface area (Å²) >= 11 is 0. The standard InChI is InChI=1S/C16H19N3O2/c1-17-7-9-19(10-8-17)16(21)15(20)13-11-18(2)14-6-4-3-5-12(13)14/h3-6,11H,7-10H2,1-2H3. The summed E-state index contributed by atoms with van der Waals surface area (Å²) in [6.07, 6.45) is 1.75. The maximum absolute atomic E-state index is 12.5. The molecule has 110 valence electrons. The molecule has 21 heavy (non-hydrogen) atoms. The molecule has 5 nitrogen and oxygen atoms in total. The van der Waals surface area contributed by atoms with Gasteiger partial charge in [0, 0.05) is 50.3 Å². The highest BCUT2D eigenvalue weighted by atomic mass is 16.2. The molecule has 1 aromatic heterocycles. The normalized spacial score (nSPS) is 16.4. The van der Waals surface area contributed by atoms with Crippen LogP contribution in [0.1, 0.15) is 10.4 Å². The molecule has 0 spiro atoms. The lowest BCUT2D eigenvalue weighted by molar-refractivity contribution is -0.127. The average Bonchev–Trinajstić information content (AvgIpc) is 2.84. The molecule has 0 N–H and O–H groups in total. The molecule has 0 saturated carbocycles. The van der Waals surface area contributed by atoms with Crippen LogP contribution < -0.4 is 0 Å². The number of aryl methyl sites for hydroxylation is 1. The molecule has 1 fully saturated rings. The Bertz CT molecular complexity index is 697. The van der Waals surface area contributed by atoms with Crippen LogP contribution in [0.5, 0.6) is 0 Å². The van der Waals surface area contributed by atoms with Crippen molar-refractivity contribution in [2.45, 2.75) is 0 Å². The molecule has 2 heterocycles. The second kappa shape index (κ2) is 5.33. The number of ketones is 1. The van der Waals surface area contributed by atoms with Crippen LogP contribution in [0.4, 0.5) is 0 Å². The molecule has 0 bridgehead atoms. The Morgan fingerprint density at radius 2 is 1.67 bits per heavy atom. The van der Waals surface area contributed by atoms with Crippen LogP contribution >= 0.6 is 0 Å². The van der Waals surface area contributed by atoms with Crippen molar-refractivity contribution in [3.63, 3.8) is 0 Å². The van der Waals surface area contributed by atoms with Crippen molar-refractivity contribution in [2.24, 2.45) is 7.05 Å². The number of carbonyl (C=O) groups excluding carboxylic acids is 2. The molecular formula is C16H19N3O2. The first-order valence-corrected chi connectivity index (χ1v) is 7.14. The van der Waals surface area contributed by atoms with Gasteiger partial charge in [0.1, 0.15) is 0 Å². The third-order valence-corrected chi connectivity index (χ3v) is 4.13. The Morgan fingerprint density at radius 1 is 1.00 bits per heavy atom. The summed E-state index contributed by atoms with van der Waals surface area (Å²) in [4.78, 5) is 28.8. The number of benzene rings is 1. The minimum atomic E-state index is -0.406. The Hall–Kier alpha value is -2.14. The first-order valence-electron chi connectivity index (χ1n) is 7.14. The van der Waals surface area contributed by atoms with E-state index in [0.717, 1.165) is 24.0 Å². The van der Waals surface area contributed by atoms with Crippen LogP contribution in [0.2, 0.25) is 0 Å². The first kappa shape index (κ1) is 13.8. The largest absolute Gasteiger partial charge is 0.350 e. The SMILES string of the molecule is CN1CCN(C(=O)C(=O)c2cn(C)c3ccccc23)CC1. The third-order valence-electron chi connectivity index (χ3n) is 4.13. The first-order chi connectivity index (χ1) is 10.1. The van der Waals surface area contributed by atoms with Crippen LogP contribution in [0.25, 0.3) is 10.9 Å². The lowest BCUT2D eigenvalue weighted by atomic mass is 10.1. The second-order valence-corrected chi connectivity index (χ2v) is 5.60. The molecule has 3 rings (SSSR count). The van der Waals surface area contributed by atoms with E-state index in [1.54, 1.807) is 11.1 Å². The van der Waals surface area contributed by atoms with Crippen molar-refractivity contribution in [1.82, 2.24) is 14.4 Å². The highest BCUT2D eigenvalue weighted by Crippen LogP contribution is 2.21. The van der Waals surface area contributed by atoms with E-state index < -0.39 is 5.78 Å². The minimum absolute atomic E-state index is 0.389. The molecule has 0 aliphatic carbocycles. The topological polar surface area (TPSA) is 45.6 Å². The fourth-order valence-electron chi connectivity index (χ4n) is 2.79. The molecule has 1 saturated heterocycles. The monoisotopic (exact) mass is 285 g/mol. The van der Waals surface area contributed by atoms with E-state index >= 15 is 0 Å². The fraction of sp³-hybridized carbons (Fsp3) is 0.375. The van der Waals surface area contributed by atoms with Crippen molar-refractivity contribution < 1.29 is 9.59 Å². The number of likely N-dealkylation sites (N-methyl/N-ethyl adjacent to an activating group) is 1. The molecule has 0 unspecified atom stereocenters. The summed E-state index contributed by atoms with van der Waals surface area (Å²) in [5.41, 5.74) is 1.46. The number of hydrogen-bond donors (Lipinski definition) is 0. The summed E-state index contributed by atoms with van der Waals surface area (Å²) in [5, 5.41) is 0.840. The highest BCUT2D eigenvalue weighted by Gasteiger charge is 2.27. The van der Waals surface area contributed by atoms with Gasteiger partial charge in [0.05, 0.1) is 5.56 Å². The smallest absolute Gasteiger partial charge is 0.295 e. The zero-order valence-electron chi connectivity index (χ0n) is 12.4. The minimum Gasteiger partial charge on any atom is -0.350 e. The van der Waals surface area contributed by atoms with Gasteiger partial charge in [-0.25, -0.2) is 0 Å². The van der Waals surface area contributed by atoms with Gasteiger partial charge in [-0.05, 0) is 13.1 Å². The van der Waals surface area contributed by atoms with Crippen molar-refractivity contribution in [3.8, 4) is 0 Å². The quantitative estimate of drug-likeness (QED) is 0.614. The Morgan fingerprint density at radius 3 is 2.38 bits per heavy atom. The predicted octanol–water partition coefficient (Wildman–Crippen LogP) is 1.13. The average molecular weight is 285 g/mol. The van der Waals surface area contributed by atoms with Gasteiger partial charge in [-0.2, -0.15) is 0 Å². The Kier molecular flexibility index (Phi) is 3.51. The van der Waals surface area contributed by atoms with Gasteiger partial charge in [0.15, 0.2) is 0 Å². The van der Waals surface area contributed by atoms with Crippen LogP contribution in [-0.4, -0.2) is 59.3 Å². The van der Waals surface area contributed by atoms with Gasteiger partial charge in [0.25, 0.3) is 11.7 Å². The van der Waals surface area contributed by atoms with Crippen LogP contribution in [-0.2, 0) is 11.8 Å². The molecule has 1 aromatic carbocycles. The van der Waals surface area contributed by atoms with Crippen LogP contribution in [0.15, 0.2) is 30.5 Å². The number of rotatable bonds is 2. The van der Waals surface area contributed by atoms with Crippen molar-refractivity contribution in [1.29, 1.82) is 0 Å².